The Morgan fingerprint density at radius 1 is 1.26 bits per heavy atom. The average Bonchev–Trinajstić information content (AvgIpc) is 2.54. The van der Waals surface area contributed by atoms with Crippen LogP contribution in [0.25, 0.3) is 0 Å². The molecule has 7 nitrogen and oxygen atoms in total. The first kappa shape index (κ1) is 23.2. The van der Waals surface area contributed by atoms with Gasteiger partial charge in [0.25, 0.3) is 0 Å². The molecule has 0 spiro atoms. The van der Waals surface area contributed by atoms with E-state index in [2.05, 4.69) is 5.32 Å². The van der Waals surface area contributed by atoms with Crippen LogP contribution in [0, 0.1) is 9.49 Å². The summed E-state index contributed by atoms with van der Waals surface area (Å²) in [6, 6.07) is 4.02. The molecule has 2 N–H and O–H groups in total. The summed E-state index contributed by atoms with van der Waals surface area (Å²) in [7, 11) is 1.24. The average molecular weight is 491 g/mol. The van der Waals surface area contributed by atoms with Crippen LogP contribution >= 0.6 is 22.6 Å². The highest BCUT2D eigenvalue weighted by molar-refractivity contribution is 14.1. The zero-order valence-electron chi connectivity index (χ0n) is 16.2. The number of methoxy groups -OCH3 is 1. The van der Waals surface area contributed by atoms with Crippen molar-refractivity contribution < 1.29 is 29.0 Å². The Bertz CT molecular complexity index is 698. The van der Waals surface area contributed by atoms with E-state index < -0.39 is 35.4 Å². The molecule has 0 heterocycles. The number of amides is 1. The maximum atomic E-state index is 12.4. The van der Waals surface area contributed by atoms with Gasteiger partial charge in [0.05, 0.1) is 17.1 Å². The number of benzene rings is 1. The normalized spacial score (nSPS) is 13.4. The van der Waals surface area contributed by atoms with Crippen LogP contribution in [0.1, 0.15) is 39.7 Å². The molecule has 1 amide bonds. The monoisotopic (exact) mass is 491 g/mol. The van der Waals surface area contributed by atoms with Crippen molar-refractivity contribution >= 4 is 40.4 Å². The summed E-state index contributed by atoms with van der Waals surface area (Å²) in [5, 5.41) is 12.2. The van der Waals surface area contributed by atoms with Gasteiger partial charge in [0.2, 0.25) is 5.91 Å². The van der Waals surface area contributed by atoms with Gasteiger partial charge in [0, 0.05) is 12.3 Å². The molecule has 0 aliphatic heterocycles. The van der Waals surface area contributed by atoms with Crippen molar-refractivity contribution in [3.63, 3.8) is 0 Å². The van der Waals surface area contributed by atoms with Crippen molar-refractivity contribution in [2.45, 2.75) is 52.2 Å². The van der Waals surface area contributed by atoms with Crippen molar-refractivity contribution in [2.75, 3.05) is 7.11 Å². The molecule has 0 fully saturated rings. The van der Waals surface area contributed by atoms with Crippen molar-refractivity contribution in [1.29, 1.82) is 0 Å². The summed E-state index contributed by atoms with van der Waals surface area (Å²) in [5.74, 6) is -2.02. The van der Waals surface area contributed by atoms with Gasteiger partial charge in [-0.3, -0.25) is 9.59 Å². The van der Waals surface area contributed by atoms with Crippen molar-refractivity contribution in [3.8, 4) is 5.75 Å². The number of halogens is 1. The Kier molecular flexibility index (Phi) is 8.52. The van der Waals surface area contributed by atoms with Crippen LogP contribution in [0.4, 0.5) is 0 Å². The molecule has 1 aromatic carbocycles. The van der Waals surface area contributed by atoms with Gasteiger partial charge < -0.3 is 19.9 Å². The summed E-state index contributed by atoms with van der Waals surface area (Å²) < 4.78 is 10.6. The summed E-state index contributed by atoms with van der Waals surface area (Å²) in [4.78, 5) is 36.4. The van der Waals surface area contributed by atoms with Crippen molar-refractivity contribution in [1.82, 2.24) is 5.32 Å². The van der Waals surface area contributed by atoms with Gasteiger partial charge in [-0.05, 0) is 61.1 Å². The molecule has 1 rings (SSSR count). The SMILES string of the molecule is COC(=O)[C@H](Cc1ccc(O)c(I)c1)NC(=O)[C@H](C)CC(=O)OC(C)(C)C. The third kappa shape index (κ3) is 8.15. The van der Waals surface area contributed by atoms with Gasteiger partial charge in [-0.1, -0.05) is 13.0 Å². The van der Waals surface area contributed by atoms with Crippen LogP contribution in [0.15, 0.2) is 18.2 Å². The van der Waals surface area contributed by atoms with E-state index in [-0.39, 0.29) is 18.6 Å². The number of nitrogens with one attached hydrogen (secondary N) is 1. The number of ether oxygens (including phenoxy) is 2. The molecule has 27 heavy (non-hydrogen) atoms. The number of aromatic hydroxyl groups is 1. The minimum absolute atomic E-state index is 0.0892. The highest BCUT2D eigenvalue weighted by atomic mass is 127. The number of hydrogen-bond acceptors (Lipinski definition) is 6. The van der Waals surface area contributed by atoms with Gasteiger partial charge in [-0.25, -0.2) is 4.79 Å². The Labute approximate surface area is 172 Å². The first-order chi connectivity index (χ1) is 12.4. The highest BCUT2D eigenvalue weighted by Gasteiger charge is 2.27. The largest absolute Gasteiger partial charge is 0.507 e. The third-order valence-electron chi connectivity index (χ3n) is 3.59. The van der Waals surface area contributed by atoms with E-state index in [4.69, 9.17) is 9.47 Å². The first-order valence-electron chi connectivity index (χ1n) is 8.50. The van der Waals surface area contributed by atoms with E-state index in [0.717, 1.165) is 5.56 Å². The standard InChI is InChI=1S/C19H26INO6/c1-11(8-16(23)27-19(2,3)4)17(24)21-14(18(25)26-5)10-12-6-7-15(22)13(20)9-12/h6-7,9,11,14,22H,8,10H2,1-5H3,(H,21,24)/t11-,14+/m1/s1. The highest BCUT2D eigenvalue weighted by Crippen LogP contribution is 2.21. The number of hydrogen-bond donors (Lipinski definition) is 2. The second-order valence-corrected chi connectivity index (χ2v) is 8.43. The predicted octanol–water partition coefficient (Wildman–Crippen LogP) is 2.57. The molecule has 0 bridgehead atoms. The number of rotatable bonds is 7. The summed E-state index contributed by atoms with van der Waals surface area (Å²) in [6.07, 6.45) is 0.113. The van der Waals surface area contributed by atoms with Gasteiger partial charge >= 0.3 is 11.9 Å². The Hall–Kier alpha value is -1.84. The van der Waals surface area contributed by atoms with E-state index >= 15 is 0 Å². The van der Waals surface area contributed by atoms with E-state index in [9.17, 15) is 19.5 Å². The zero-order valence-corrected chi connectivity index (χ0v) is 18.3. The second kappa shape index (κ2) is 9.91. The summed E-state index contributed by atoms with van der Waals surface area (Å²) >= 11 is 1.98. The number of phenolic OH excluding ortho intramolecular Hbond substituents is 1. The molecule has 150 valence electrons. The minimum Gasteiger partial charge on any atom is -0.507 e. The number of phenols is 1. The molecule has 8 heteroatoms. The van der Waals surface area contributed by atoms with Gasteiger partial charge in [-0.15, -0.1) is 0 Å². The van der Waals surface area contributed by atoms with Crippen LogP contribution < -0.4 is 5.32 Å². The lowest BCUT2D eigenvalue weighted by Crippen LogP contribution is -2.45. The predicted molar refractivity (Wildman–Crippen MR) is 108 cm³/mol. The molecular formula is C19H26INO6. The molecule has 2 atom stereocenters. The van der Waals surface area contributed by atoms with Gasteiger partial charge in [0.1, 0.15) is 17.4 Å². The van der Waals surface area contributed by atoms with Crippen molar-refractivity contribution in [2.24, 2.45) is 5.92 Å². The molecule has 1 aromatic rings. The maximum absolute atomic E-state index is 12.4. The van der Waals surface area contributed by atoms with E-state index in [0.29, 0.717) is 3.57 Å². The van der Waals surface area contributed by atoms with E-state index in [1.807, 2.05) is 22.6 Å². The molecule has 0 aromatic heterocycles. The molecule has 0 aliphatic carbocycles. The number of esters is 2. The molecule has 0 saturated carbocycles. The van der Waals surface area contributed by atoms with Crippen LogP contribution in [0.3, 0.4) is 0 Å². The van der Waals surface area contributed by atoms with Gasteiger partial charge in [-0.2, -0.15) is 0 Å². The molecule has 0 unspecified atom stereocenters. The Balaban J connectivity index is 2.77. The Morgan fingerprint density at radius 2 is 1.89 bits per heavy atom. The summed E-state index contributed by atoms with van der Waals surface area (Å²) in [5.41, 5.74) is 0.130. The van der Waals surface area contributed by atoms with E-state index in [1.165, 1.54) is 13.2 Å². The van der Waals surface area contributed by atoms with Crippen LogP contribution in [-0.2, 0) is 30.3 Å². The third-order valence-corrected chi connectivity index (χ3v) is 4.46. The zero-order chi connectivity index (χ0) is 20.8. The molecule has 0 saturated heterocycles. The van der Waals surface area contributed by atoms with Crippen molar-refractivity contribution in [3.05, 3.63) is 27.3 Å². The van der Waals surface area contributed by atoms with Gasteiger partial charge in [0.15, 0.2) is 0 Å². The molecule has 0 radical (unpaired) electrons. The molecular weight excluding hydrogens is 465 g/mol. The first-order valence-corrected chi connectivity index (χ1v) is 9.58. The lowest BCUT2D eigenvalue weighted by Gasteiger charge is -2.22. The van der Waals surface area contributed by atoms with Crippen LogP contribution in [0.2, 0.25) is 0 Å². The number of carbonyl (C=O) groups excluding carboxylic acids is 3. The summed E-state index contributed by atoms with van der Waals surface area (Å²) in [6.45, 7) is 6.85. The fourth-order valence-corrected chi connectivity index (χ4v) is 2.87. The topological polar surface area (TPSA) is 102 Å². The lowest BCUT2D eigenvalue weighted by molar-refractivity contribution is -0.157. The minimum atomic E-state index is -0.899. The number of carbonyl (C=O) groups is 3. The second-order valence-electron chi connectivity index (χ2n) is 7.27. The Morgan fingerprint density at radius 3 is 2.41 bits per heavy atom. The van der Waals surface area contributed by atoms with Crippen LogP contribution in [0.5, 0.6) is 5.75 Å². The van der Waals surface area contributed by atoms with Crippen LogP contribution in [-0.4, -0.2) is 41.7 Å². The quantitative estimate of drug-likeness (QED) is 0.449. The van der Waals surface area contributed by atoms with E-state index in [1.54, 1.807) is 39.8 Å². The fraction of sp³-hybridized carbons (Fsp3) is 0.526. The fourth-order valence-electron chi connectivity index (χ4n) is 2.29. The maximum Gasteiger partial charge on any atom is 0.328 e. The lowest BCUT2D eigenvalue weighted by atomic mass is 10.0. The smallest absolute Gasteiger partial charge is 0.328 e. The molecule has 0 aliphatic rings.